The van der Waals surface area contributed by atoms with Crippen molar-refractivity contribution in [3.05, 3.63) is 42.0 Å². The second kappa shape index (κ2) is 6.54. The van der Waals surface area contributed by atoms with Crippen LogP contribution in [0.3, 0.4) is 0 Å². The number of carbonyl (C=O) groups excluding carboxylic acids is 1. The summed E-state index contributed by atoms with van der Waals surface area (Å²) < 4.78 is 5.20. The van der Waals surface area contributed by atoms with Gasteiger partial charge in [-0.3, -0.25) is 4.79 Å². The molecule has 0 spiro atoms. The monoisotopic (exact) mass is 277 g/mol. The SMILES string of the molecule is C[C@H](O)/C=C\[C@H]1OC(=O)C[C@@H]1Nc1ccc(CO)cc1. The van der Waals surface area contributed by atoms with Gasteiger partial charge in [0.1, 0.15) is 6.10 Å². The molecule has 0 saturated carbocycles. The van der Waals surface area contributed by atoms with Crippen molar-refractivity contribution in [3.8, 4) is 0 Å². The number of esters is 1. The van der Waals surface area contributed by atoms with Crippen molar-refractivity contribution < 1.29 is 19.7 Å². The van der Waals surface area contributed by atoms with Gasteiger partial charge in [-0.1, -0.05) is 18.2 Å². The molecule has 1 aliphatic heterocycles. The number of aliphatic hydroxyl groups is 2. The van der Waals surface area contributed by atoms with Gasteiger partial charge in [-0.05, 0) is 30.7 Å². The molecule has 2 rings (SSSR count). The van der Waals surface area contributed by atoms with Crippen molar-refractivity contribution in [3.63, 3.8) is 0 Å². The number of rotatable bonds is 5. The lowest BCUT2D eigenvalue weighted by Crippen LogP contribution is -2.27. The van der Waals surface area contributed by atoms with Gasteiger partial charge >= 0.3 is 5.97 Å². The van der Waals surface area contributed by atoms with Crippen LogP contribution in [0, 0.1) is 0 Å². The van der Waals surface area contributed by atoms with Crippen molar-refractivity contribution in [2.24, 2.45) is 0 Å². The summed E-state index contributed by atoms with van der Waals surface area (Å²) in [5.74, 6) is -0.255. The van der Waals surface area contributed by atoms with Crippen LogP contribution < -0.4 is 5.32 Å². The molecule has 0 radical (unpaired) electrons. The Balaban J connectivity index is 2.03. The molecule has 1 saturated heterocycles. The molecule has 1 aliphatic rings. The lowest BCUT2D eigenvalue weighted by Gasteiger charge is -2.17. The zero-order chi connectivity index (χ0) is 14.5. The molecule has 1 fully saturated rings. The number of aliphatic hydroxyl groups excluding tert-OH is 2. The van der Waals surface area contributed by atoms with Crippen molar-refractivity contribution in [1.82, 2.24) is 0 Å². The number of hydrogen-bond donors (Lipinski definition) is 3. The highest BCUT2D eigenvalue weighted by Gasteiger charge is 2.32. The Kier molecular flexibility index (Phi) is 4.76. The summed E-state index contributed by atoms with van der Waals surface area (Å²) in [7, 11) is 0. The van der Waals surface area contributed by atoms with Crippen molar-refractivity contribution in [2.75, 3.05) is 5.32 Å². The third-order valence-corrected chi connectivity index (χ3v) is 3.12. The Bertz CT molecular complexity index is 481. The second-order valence-corrected chi connectivity index (χ2v) is 4.89. The molecular weight excluding hydrogens is 258 g/mol. The molecule has 5 nitrogen and oxygen atoms in total. The molecule has 1 aromatic rings. The molecule has 20 heavy (non-hydrogen) atoms. The number of anilines is 1. The molecule has 0 bridgehead atoms. The van der Waals surface area contributed by atoms with Gasteiger partial charge in [-0.15, -0.1) is 0 Å². The van der Waals surface area contributed by atoms with E-state index in [2.05, 4.69) is 5.32 Å². The Hall–Kier alpha value is -1.85. The van der Waals surface area contributed by atoms with E-state index in [1.165, 1.54) is 0 Å². The standard InChI is InChI=1S/C15H19NO4/c1-10(18)2-7-14-13(8-15(19)20-14)16-12-5-3-11(9-17)4-6-12/h2-7,10,13-14,16-18H,8-9H2,1H3/b7-2-/t10-,13-,14+/m0/s1. The Morgan fingerprint density at radius 3 is 2.75 bits per heavy atom. The van der Waals surface area contributed by atoms with E-state index in [1.807, 2.05) is 24.3 Å². The topological polar surface area (TPSA) is 78.8 Å². The number of ether oxygens (including phenoxy) is 1. The van der Waals surface area contributed by atoms with Gasteiger partial charge in [-0.2, -0.15) is 0 Å². The fourth-order valence-electron chi connectivity index (χ4n) is 2.08. The van der Waals surface area contributed by atoms with Crippen LogP contribution in [-0.2, 0) is 16.1 Å². The molecular formula is C15H19NO4. The van der Waals surface area contributed by atoms with Gasteiger partial charge < -0.3 is 20.3 Å². The van der Waals surface area contributed by atoms with Crippen LogP contribution in [0.1, 0.15) is 18.9 Å². The average Bonchev–Trinajstić information content (AvgIpc) is 2.77. The first-order valence-corrected chi connectivity index (χ1v) is 6.60. The van der Waals surface area contributed by atoms with Crippen LogP contribution in [-0.4, -0.2) is 34.4 Å². The fourth-order valence-corrected chi connectivity index (χ4v) is 2.08. The average molecular weight is 277 g/mol. The molecule has 0 aliphatic carbocycles. The molecule has 3 N–H and O–H groups in total. The predicted octanol–water partition coefficient (Wildman–Crippen LogP) is 1.21. The maximum absolute atomic E-state index is 11.4. The minimum Gasteiger partial charge on any atom is -0.456 e. The smallest absolute Gasteiger partial charge is 0.308 e. The van der Waals surface area contributed by atoms with Gasteiger partial charge in [0.2, 0.25) is 0 Å². The van der Waals surface area contributed by atoms with Gasteiger partial charge in [0.25, 0.3) is 0 Å². The van der Waals surface area contributed by atoms with E-state index < -0.39 is 6.10 Å². The third-order valence-electron chi connectivity index (χ3n) is 3.12. The predicted molar refractivity (Wildman–Crippen MR) is 75.1 cm³/mol. The zero-order valence-electron chi connectivity index (χ0n) is 11.3. The summed E-state index contributed by atoms with van der Waals surface area (Å²) in [6.07, 6.45) is 2.65. The van der Waals surface area contributed by atoms with Crippen LogP contribution in [0.5, 0.6) is 0 Å². The van der Waals surface area contributed by atoms with Crippen LogP contribution in [0.15, 0.2) is 36.4 Å². The van der Waals surface area contributed by atoms with Gasteiger partial charge in [0.15, 0.2) is 0 Å². The lowest BCUT2D eigenvalue weighted by molar-refractivity contribution is -0.140. The molecule has 3 atom stereocenters. The number of nitrogens with one attached hydrogen (secondary N) is 1. The second-order valence-electron chi connectivity index (χ2n) is 4.89. The summed E-state index contributed by atoms with van der Waals surface area (Å²) in [5.41, 5.74) is 1.70. The highest BCUT2D eigenvalue weighted by Crippen LogP contribution is 2.21. The van der Waals surface area contributed by atoms with Crippen LogP contribution in [0.25, 0.3) is 0 Å². The first-order valence-electron chi connectivity index (χ1n) is 6.60. The Morgan fingerprint density at radius 2 is 2.15 bits per heavy atom. The first kappa shape index (κ1) is 14.6. The van der Waals surface area contributed by atoms with Crippen LogP contribution >= 0.6 is 0 Å². The minimum atomic E-state index is -0.571. The Morgan fingerprint density at radius 1 is 1.45 bits per heavy atom. The summed E-state index contributed by atoms with van der Waals surface area (Å²) in [4.78, 5) is 11.4. The fraction of sp³-hybridized carbons (Fsp3) is 0.400. The van der Waals surface area contributed by atoms with Crippen LogP contribution in [0.4, 0.5) is 5.69 Å². The molecule has 0 aromatic heterocycles. The van der Waals surface area contributed by atoms with Crippen molar-refractivity contribution in [1.29, 1.82) is 0 Å². The normalized spacial score (nSPS) is 23.9. The quantitative estimate of drug-likeness (QED) is 0.557. The minimum absolute atomic E-state index is 0.00502. The molecule has 0 amide bonds. The Labute approximate surface area is 117 Å². The van der Waals surface area contributed by atoms with Crippen molar-refractivity contribution >= 4 is 11.7 Å². The molecule has 108 valence electrons. The number of carbonyl (C=O) groups is 1. The van der Waals surface area contributed by atoms with Crippen molar-refractivity contribution in [2.45, 2.75) is 38.2 Å². The number of cyclic esters (lactones) is 1. The molecule has 0 unspecified atom stereocenters. The molecule has 5 heteroatoms. The zero-order valence-corrected chi connectivity index (χ0v) is 11.3. The maximum atomic E-state index is 11.4. The van der Waals surface area contributed by atoms with E-state index in [4.69, 9.17) is 9.84 Å². The summed E-state index contributed by atoms with van der Waals surface area (Å²) in [6, 6.07) is 7.19. The molecule has 1 aromatic carbocycles. The summed E-state index contributed by atoms with van der Waals surface area (Å²) >= 11 is 0. The van der Waals surface area contributed by atoms with Crippen LogP contribution in [0.2, 0.25) is 0 Å². The van der Waals surface area contributed by atoms with E-state index in [-0.39, 0.29) is 31.1 Å². The van der Waals surface area contributed by atoms with Gasteiger partial charge in [-0.25, -0.2) is 0 Å². The number of hydrogen-bond acceptors (Lipinski definition) is 5. The maximum Gasteiger partial charge on any atom is 0.308 e. The lowest BCUT2D eigenvalue weighted by atomic mass is 10.1. The third kappa shape index (κ3) is 3.82. The van der Waals surface area contributed by atoms with E-state index in [1.54, 1.807) is 19.1 Å². The summed E-state index contributed by atoms with van der Waals surface area (Å²) in [6.45, 7) is 1.65. The highest BCUT2D eigenvalue weighted by molar-refractivity contribution is 5.74. The largest absolute Gasteiger partial charge is 0.456 e. The van der Waals surface area contributed by atoms with E-state index >= 15 is 0 Å². The van der Waals surface area contributed by atoms with E-state index in [0.29, 0.717) is 0 Å². The van der Waals surface area contributed by atoms with E-state index in [9.17, 15) is 9.90 Å². The van der Waals surface area contributed by atoms with Gasteiger partial charge in [0.05, 0.1) is 25.2 Å². The van der Waals surface area contributed by atoms with Gasteiger partial charge in [0, 0.05) is 5.69 Å². The molecule has 1 heterocycles. The highest BCUT2D eigenvalue weighted by atomic mass is 16.6. The summed E-state index contributed by atoms with van der Waals surface area (Å²) in [5, 5.41) is 21.5. The first-order chi connectivity index (χ1) is 9.58. The van der Waals surface area contributed by atoms with E-state index in [0.717, 1.165) is 11.3 Å². The number of benzene rings is 1.